The number of carbonyl (C=O) groups excluding carboxylic acids is 1. The average Bonchev–Trinajstić information content (AvgIpc) is 2.55. The first-order valence-electron chi connectivity index (χ1n) is 6.99. The van der Waals surface area contributed by atoms with Crippen molar-refractivity contribution in [2.24, 2.45) is 0 Å². The lowest BCUT2D eigenvalue weighted by Gasteiger charge is -2.14. The SMILES string of the molecule is O=C(Nc1cccc(Cl)c1Cl)Nc1c(Cl)cc(Cl)c2ccc(O)cc12. The fraction of sp³-hybridized carbons (Fsp3) is 0. The maximum atomic E-state index is 12.3. The number of carbonyl (C=O) groups is 1. The van der Waals surface area contributed by atoms with Gasteiger partial charge in [0.1, 0.15) is 5.75 Å². The molecule has 3 N–H and O–H groups in total. The molecular weight excluding hydrogens is 406 g/mol. The molecule has 3 aromatic carbocycles. The molecule has 0 saturated carbocycles. The van der Waals surface area contributed by atoms with E-state index in [4.69, 9.17) is 46.4 Å². The van der Waals surface area contributed by atoms with Crippen molar-refractivity contribution < 1.29 is 9.90 Å². The number of hydrogen-bond acceptors (Lipinski definition) is 2. The number of rotatable bonds is 2. The molecule has 0 aliphatic carbocycles. The van der Waals surface area contributed by atoms with Crippen molar-refractivity contribution in [2.45, 2.75) is 0 Å². The van der Waals surface area contributed by atoms with Gasteiger partial charge in [0.05, 0.1) is 31.5 Å². The third-order valence-corrected chi connectivity index (χ3v) is 4.89. The summed E-state index contributed by atoms with van der Waals surface area (Å²) in [6, 6.07) is 10.4. The third-order valence-electron chi connectivity index (χ3n) is 3.46. The Bertz CT molecular complexity index is 992. The van der Waals surface area contributed by atoms with E-state index in [1.807, 2.05) is 0 Å². The highest BCUT2D eigenvalue weighted by atomic mass is 35.5. The summed E-state index contributed by atoms with van der Waals surface area (Å²) < 4.78 is 0. The lowest BCUT2D eigenvalue weighted by molar-refractivity contribution is 0.262. The molecule has 0 saturated heterocycles. The number of benzene rings is 3. The van der Waals surface area contributed by atoms with Crippen LogP contribution in [-0.2, 0) is 0 Å². The van der Waals surface area contributed by atoms with Crippen LogP contribution in [0.2, 0.25) is 20.1 Å². The van der Waals surface area contributed by atoms with Crippen LogP contribution in [0.25, 0.3) is 10.8 Å². The number of aromatic hydroxyl groups is 1. The summed E-state index contributed by atoms with van der Waals surface area (Å²) in [4.78, 5) is 12.3. The molecule has 4 nitrogen and oxygen atoms in total. The average molecular weight is 416 g/mol. The number of halogens is 4. The van der Waals surface area contributed by atoms with Crippen LogP contribution >= 0.6 is 46.4 Å². The van der Waals surface area contributed by atoms with Gasteiger partial charge in [0.25, 0.3) is 0 Å². The van der Waals surface area contributed by atoms with Crippen molar-refractivity contribution >= 4 is 74.6 Å². The molecular formula is C17H10Cl4N2O2. The van der Waals surface area contributed by atoms with E-state index in [1.165, 1.54) is 18.2 Å². The normalized spacial score (nSPS) is 10.7. The van der Waals surface area contributed by atoms with E-state index in [9.17, 15) is 9.90 Å². The van der Waals surface area contributed by atoms with Gasteiger partial charge < -0.3 is 15.7 Å². The number of fused-ring (bicyclic) bond motifs is 1. The second-order valence-corrected chi connectivity index (χ2v) is 6.73. The van der Waals surface area contributed by atoms with Crippen LogP contribution in [0.4, 0.5) is 16.2 Å². The molecule has 2 amide bonds. The number of anilines is 2. The van der Waals surface area contributed by atoms with E-state index < -0.39 is 6.03 Å². The molecule has 0 aromatic heterocycles. The van der Waals surface area contributed by atoms with E-state index >= 15 is 0 Å². The Hall–Kier alpha value is -1.85. The van der Waals surface area contributed by atoms with Gasteiger partial charge in [-0.1, -0.05) is 52.5 Å². The number of hydrogen-bond donors (Lipinski definition) is 3. The largest absolute Gasteiger partial charge is 0.508 e. The fourth-order valence-electron chi connectivity index (χ4n) is 2.33. The van der Waals surface area contributed by atoms with Crippen LogP contribution in [0.5, 0.6) is 5.75 Å². The highest BCUT2D eigenvalue weighted by molar-refractivity contribution is 6.44. The minimum absolute atomic E-state index is 0.0205. The van der Waals surface area contributed by atoms with E-state index in [0.29, 0.717) is 32.2 Å². The van der Waals surface area contributed by atoms with Gasteiger partial charge in [0, 0.05) is 10.8 Å². The third kappa shape index (κ3) is 3.72. The number of urea groups is 1. The van der Waals surface area contributed by atoms with Crippen LogP contribution < -0.4 is 10.6 Å². The smallest absolute Gasteiger partial charge is 0.323 e. The quantitative estimate of drug-likeness (QED) is 0.430. The van der Waals surface area contributed by atoms with Crippen molar-refractivity contribution in [3.8, 4) is 5.75 Å². The van der Waals surface area contributed by atoms with Crippen LogP contribution in [0.15, 0.2) is 42.5 Å². The van der Waals surface area contributed by atoms with Crippen LogP contribution in [-0.4, -0.2) is 11.1 Å². The maximum absolute atomic E-state index is 12.3. The summed E-state index contributed by atoms with van der Waals surface area (Å²) in [5.41, 5.74) is 0.663. The molecule has 0 unspecified atom stereocenters. The van der Waals surface area contributed by atoms with Crippen molar-refractivity contribution in [1.82, 2.24) is 0 Å². The number of phenols is 1. The van der Waals surface area contributed by atoms with E-state index in [2.05, 4.69) is 10.6 Å². The van der Waals surface area contributed by atoms with Gasteiger partial charge in [-0.2, -0.15) is 0 Å². The van der Waals surface area contributed by atoms with Crippen molar-refractivity contribution in [1.29, 1.82) is 0 Å². The van der Waals surface area contributed by atoms with Crippen LogP contribution in [0.1, 0.15) is 0 Å². The molecule has 3 rings (SSSR count). The first kappa shape index (κ1) is 18.0. The minimum Gasteiger partial charge on any atom is -0.508 e. The molecule has 8 heteroatoms. The lowest BCUT2D eigenvalue weighted by atomic mass is 10.1. The van der Waals surface area contributed by atoms with Gasteiger partial charge in [0.15, 0.2) is 0 Å². The first-order chi connectivity index (χ1) is 11.9. The van der Waals surface area contributed by atoms with E-state index in [1.54, 1.807) is 24.3 Å². The lowest BCUT2D eigenvalue weighted by Crippen LogP contribution is -2.20. The Morgan fingerprint density at radius 2 is 1.60 bits per heavy atom. The van der Waals surface area contributed by atoms with Gasteiger partial charge in [-0.25, -0.2) is 4.79 Å². The molecule has 0 radical (unpaired) electrons. The Morgan fingerprint density at radius 1 is 0.840 bits per heavy atom. The molecule has 0 atom stereocenters. The highest BCUT2D eigenvalue weighted by Crippen LogP contribution is 2.38. The standard InChI is InChI=1S/C17H10Cl4N2O2/c18-11-2-1-3-14(15(11)21)22-17(25)23-16-10-6-8(24)4-5-9(10)12(19)7-13(16)20/h1-7,24H,(H2,22,23,25). The Morgan fingerprint density at radius 3 is 2.36 bits per heavy atom. The summed E-state index contributed by atoms with van der Waals surface area (Å²) in [5, 5.41) is 17.3. The van der Waals surface area contributed by atoms with Gasteiger partial charge in [0.2, 0.25) is 0 Å². The Balaban J connectivity index is 1.96. The van der Waals surface area contributed by atoms with Crippen LogP contribution in [0, 0.1) is 0 Å². The van der Waals surface area contributed by atoms with Crippen LogP contribution in [0.3, 0.4) is 0 Å². The summed E-state index contributed by atoms with van der Waals surface area (Å²) in [6.45, 7) is 0. The molecule has 0 fully saturated rings. The number of amides is 2. The molecule has 0 spiro atoms. The second-order valence-electron chi connectivity index (χ2n) is 5.13. The monoisotopic (exact) mass is 414 g/mol. The number of nitrogens with one attached hydrogen (secondary N) is 2. The molecule has 128 valence electrons. The van der Waals surface area contributed by atoms with Gasteiger partial charge in [-0.15, -0.1) is 0 Å². The zero-order valence-corrected chi connectivity index (χ0v) is 15.4. The van der Waals surface area contributed by atoms with Crippen molar-refractivity contribution in [3.63, 3.8) is 0 Å². The van der Waals surface area contributed by atoms with E-state index in [-0.39, 0.29) is 15.8 Å². The molecule has 25 heavy (non-hydrogen) atoms. The maximum Gasteiger partial charge on any atom is 0.323 e. The van der Waals surface area contributed by atoms with Gasteiger partial charge in [-0.05, 0) is 36.4 Å². The predicted molar refractivity (Wildman–Crippen MR) is 105 cm³/mol. The molecule has 0 aliphatic heterocycles. The molecule has 3 aromatic rings. The molecule has 0 bridgehead atoms. The van der Waals surface area contributed by atoms with Gasteiger partial charge >= 0.3 is 6.03 Å². The number of phenolic OH excluding ortho intramolecular Hbond substituents is 1. The predicted octanol–water partition coefficient (Wildman–Crippen LogP) is 6.80. The zero-order valence-electron chi connectivity index (χ0n) is 12.4. The van der Waals surface area contributed by atoms with Crippen molar-refractivity contribution in [2.75, 3.05) is 10.6 Å². The summed E-state index contributed by atoms with van der Waals surface area (Å²) in [5.74, 6) is 0.0205. The Kier molecular flexibility index (Phi) is 5.16. The summed E-state index contributed by atoms with van der Waals surface area (Å²) >= 11 is 24.4. The summed E-state index contributed by atoms with van der Waals surface area (Å²) in [7, 11) is 0. The molecule has 0 heterocycles. The first-order valence-corrected chi connectivity index (χ1v) is 8.50. The van der Waals surface area contributed by atoms with Gasteiger partial charge in [-0.3, -0.25) is 0 Å². The highest BCUT2D eigenvalue weighted by Gasteiger charge is 2.15. The fourth-order valence-corrected chi connectivity index (χ4v) is 3.27. The van der Waals surface area contributed by atoms with Crippen molar-refractivity contribution in [3.05, 3.63) is 62.6 Å². The van der Waals surface area contributed by atoms with E-state index in [0.717, 1.165) is 0 Å². The zero-order chi connectivity index (χ0) is 18.1. The summed E-state index contributed by atoms with van der Waals surface area (Å²) in [6.07, 6.45) is 0. The minimum atomic E-state index is -0.571. The molecule has 0 aliphatic rings. The second kappa shape index (κ2) is 7.18. The Labute approximate surface area is 163 Å². The topological polar surface area (TPSA) is 61.4 Å².